The Hall–Kier alpha value is -2.88. The molecule has 0 aliphatic rings. The van der Waals surface area contributed by atoms with Crippen LogP contribution >= 0.6 is 0 Å². The molecule has 0 unspecified atom stereocenters. The van der Waals surface area contributed by atoms with E-state index in [2.05, 4.69) is 17.4 Å². The first-order valence-corrected chi connectivity index (χ1v) is 8.01. The number of hydrogen-bond acceptors (Lipinski definition) is 1. The van der Waals surface area contributed by atoms with Crippen LogP contribution < -0.4 is 9.88 Å². The number of nitrogens with zero attached hydrogens (tertiary/aromatic N) is 2. The lowest BCUT2D eigenvalue weighted by Gasteiger charge is -2.10. The van der Waals surface area contributed by atoms with E-state index in [1.54, 1.807) is 0 Å². The van der Waals surface area contributed by atoms with Gasteiger partial charge in [-0.1, -0.05) is 48.5 Å². The average molecular weight is 320 g/mol. The first kappa shape index (κ1) is 16.0. The van der Waals surface area contributed by atoms with Crippen molar-refractivity contribution in [3.8, 4) is 11.3 Å². The summed E-state index contributed by atoms with van der Waals surface area (Å²) < 4.78 is 3.94. The highest BCUT2D eigenvalue weighted by Crippen LogP contribution is 2.19. The van der Waals surface area contributed by atoms with Gasteiger partial charge in [-0.05, 0) is 25.0 Å². The second-order valence-electron chi connectivity index (χ2n) is 6.09. The van der Waals surface area contributed by atoms with Crippen molar-refractivity contribution in [2.75, 3.05) is 5.32 Å². The minimum atomic E-state index is -0.0254. The van der Waals surface area contributed by atoms with Crippen LogP contribution in [0.15, 0.2) is 61.1 Å². The van der Waals surface area contributed by atoms with E-state index in [-0.39, 0.29) is 12.5 Å². The molecular formula is C20H22N3O+. The number of amides is 1. The molecule has 1 N–H and O–H groups in total. The Kier molecular flexibility index (Phi) is 4.47. The maximum Gasteiger partial charge on any atom is 0.266 e. The largest absolute Gasteiger partial charge is 0.322 e. The number of rotatable bonds is 4. The maximum absolute atomic E-state index is 12.4. The first-order valence-electron chi connectivity index (χ1n) is 8.01. The molecule has 1 heterocycles. The number of carbonyl (C=O) groups is 1. The van der Waals surface area contributed by atoms with E-state index in [0.717, 1.165) is 28.1 Å². The molecule has 1 amide bonds. The molecule has 4 heteroatoms. The van der Waals surface area contributed by atoms with Gasteiger partial charge in [0.2, 0.25) is 6.33 Å². The van der Waals surface area contributed by atoms with Gasteiger partial charge >= 0.3 is 0 Å². The number of benzene rings is 2. The number of aromatic nitrogens is 2. The maximum atomic E-state index is 12.4. The topological polar surface area (TPSA) is 37.9 Å². The van der Waals surface area contributed by atoms with Gasteiger partial charge in [0.15, 0.2) is 12.2 Å². The van der Waals surface area contributed by atoms with Gasteiger partial charge in [-0.3, -0.25) is 4.79 Å². The molecule has 0 atom stereocenters. The van der Waals surface area contributed by atoms with Crippen molar-refractivity contribution < 1.29 is 9.36 Å². The van der Waals surface area contributed by atoms with E-state index in [9.17, 15) is 4.79 Å². The molecule has 0 aliphatic carbocycles. The van der Waals surface area contributed by atoms with Crippen LogP contribution in [0.3, 0.4) is 0 Å². The van der Waals surface area contributed by atoms with Crippen molar-refractivity contribution in [3.05, 3.63) is 72.2 Å². The quantitative estimate of drug-likeness (QED) is 0.736. The molecule has 4 nitrogen and oxygen atoms in total. The van der Waals surface area contributed by atoms with Crippen molar-refractivity contribution >= 4 is 11.6 Å². The van der Waals surface area contributed by atoms with E-state index in [1.807, 2.05) is 79.0 Å². The van der Waals surface area contributed by atoms with Crippen molar-refractivity contribution in [1.82, 2.24) is 4.57 Å². The molecule has 2 aromatic carbocycles. The molecule has 0 radical (unpaired) electrons. The van der Waals surface area contributed by atoms with E-state index in [4.69, 9.17) is 0 Å². The number of aryl methyl sites for hydroxylation is 3. The highest BCUT2D eigenvalue weighted by atomic mass is 16.1. The Balaban J connectivity index is 1.76. The number of hydrogen-bond donors (Lipinski definition) is 1. The summed E-state index contributed by atoms with van der Waals surface area (Å²) in [4.78, 5) is 12.4. The molecule has 24 heavy (non-hydrogen) atoms. The minimum Gasteiger partial charge on any atom is -0.322 e. The van der Waals surface area contributed by atoms with Gasteiger partial charge in [0.1, 0.15) is 6.20 Å². The summed E-state index contributed by atoms with van der Waals surface area (Å²) in [7, 11) is 1.99. The standard InChI is InChI=1S/C20H21N3O/c1-15-8-7-9-16(2)20(15)21-19(24)13-23-12-18(22(3)14-23)17-10-5-4-6-11-17/h4-12,14H,13H2,1-3H3/p+1. The first-order chi connectivity index (χ1) is 11.5. The van der Waals surface area contributed by atoms with Crippen LogP contribution in [0.2, 0.25) is 0 Å². The highest BCUT2D eigenvalue weighted by molar-refractivity contribution is 5.91. The Labute approximate surface area is 142 Å². The van der Waals surface area contributed by atoms with Crippen LogP contribution in [0.4, 0.5) is 5.69 Å². The second-order valence-corrected chi connectivity index (χ2v) is 6.09. The molecule has 0 aliphatic heterocycles. The number of imidazole rings is 1. The normalized spacial score (nSPS) is 10.6. The molecular weight excluding hydrogens is 298 g/mol. The summed E-state index contributed by atoms with van der Waals surface area (Å²) in [6.07, 6.45) is 3.94. The monoisotopic (exact) mass is 320 g/mol. The van der Waals surface area contributed by atoms with Gasteiger partial charge in [-0.25, -0.2) is 9.13 Å². The van der Waals surface area contributed by atoms with Crippen LogP contribution in [-0.2, 0) is 18.4 Å². The van der Waals surface area contributed by atoms with Crippen LogP contribution in [-0.4, -0.2) is 10.5 Å². The van der Waals surface area contributed by atoms with Crippen molar-refractivity contribution in [2.24, 2.45) is 7.05 Å². The molecule has 0 fully saturated rings. The second kappa shape index (κ2) is 6.71. The number of anilines is 1. The van der Waals surface area contributed by atoms with Crippen molar-refractivity contribution in [2.45, 2.75) is 20.4 Å². The highest BCUT2D eigenvalue weighted by Gasteiger charge is 2.15. The summed E-state index contributed by atoms with van der Waals surface area (Å²) >= 11 is 0. The molecule has 0 saturated heterocycles. The van der Waals surface area contributed by atoms with E-state index in [1.165, 1.54) is 0 Å². The summed E-state index contributed by atoms with van der Waals surface area (Å²) in [6.45, 7) is 4.30. The minimum absolute atomic E-state index is 0.0254. The van der Waals surface area contributed by atoms with E-state index < -0.39 is 0 Å². The lowest BCUT2D eigenvalue weighted by Crippen LogP contribution is -2.38. The lowest BCUT2D eigenvalue weighted by molar-refractivity contribution is -0.683. The third-order valence-corrected chi connectivity index (χ3v) is 4.13. The number of carbonyl (C=O) groups excluding carboxylic acids is 1. The molecule has 1 aromatic heterocycles. The fraction of sp³-hybridized carbons (Fsp3) is 0.200. The average Bonchev–Trinajstić information content (AvgIpc) is 2.92. The Bertz CT molecular complexity index is 846. The van der Waals surface area contributed by atoms with E-state index >= 15 is 0 Å². The predicted octanol–water partition coefficient (Wildman–Crippen LogP) is 3.24. The molecule has 0 spiro atoms. The van der Waals surface area contributed by atoms with Crippen LogP contribution in [0.1, 0.15) is 11.1 Å². The fourth-order valence-corrected chi connectivity index (χ4v) is 2.90. The third-order valence-electron chi connectivity index (χ3n) is 4.13. The smallest absolute Gasteiger partial charge is 0.266 e. The van der Waals surface area contributed by atoms with Crippen LogP contribution in [0.25, 0.3) is 11.3 Å². The summed E-state index contributed by atoms with van der Waals surface area (Å²) in [6, 6.07) is 16.2. The van der Waals surface area contributed by atoms with Crippen LogP contribution in [0, 0.1) is 13.8 Å². The Morgan fingerprint density at radius 3 is 2.38 bits per heavy atom. The van der Waals surface area contributed by atoms with Gasteiger partial charge in [0.05, 0.1) is 7.05 Å². The molecule has 122 valence electrons. The summed E-state index contributed by atoms with van der Waals surface area (Å²) in [5.74, 6) is -0.0254. The van der Waals surface area contributed by atoms with Gasteiger partial charge < -0.3 is 5.32 Å². The molecule has 3 aromatic rings. The molecule has 0 saturated carbocycles. The third kappa shape index (κ3) is 3.38. The van der Waals surface area contributed by atoms with E-state index in [0.29, 0.717) is 0 Å². The predicted molar refractivity (Wildman–Crippen MR) is 95.6 cm³/mol. The number of para-hydroxylation sites is 1. The summed E-state index contributed by atoms with van der Waals surface area (Å²) in [5, 5.41) is 3.03. The van der Waals surface area contributed by atoms with Crippen molar-refractivity contribution in [1.29, 1.82) is 0 Å². The fourth-order valence-electron chi connectivity index (χ4n) is 2.90. The zero-order valence-corrected chi connectivity index (χ0v) is 14.3. The van der Waals surface area contributed by atoms with Crippen molar-refractivity contribution in [3.63, 3.8) is 0 Å². The van der Waals surface area contributed by atoms with Gasteiger partial charge in [-0.2, -0.15) is 0 Å². The van der Waals surface area contributed by atoms with Gasteiger partial charge in [-0.15, -0.1) is 0 Å². The van der Waals surface area contributed by atoms with Crippen LogP contribution in [0.5, 0.6) is 0 Å². The molecule has 3 rings (SSSR count). The van der Waals surface area contributed by atoms with Gasteiger partial charge in [0.25, 0.3) is 5.91 Å². The van der Waals surface area contributed by atoms with Gasteiger partial charge in [0, 0.05) is 11.3 Å². The zero-order valence-electron chi connectivity index (χ0n) is 14.3. The SMILES string of the molecule is Cc1cccc(C)c1NC(=O)C[n+]1cc(-c2ccccc2)n(C)c1. The number of nitrogens with one attached hydrogen (secondary N) is 1. The molecule has 0 bridgehead atoms. The zero-order chi connectivity index (χ0) is 17.1. The Morgan fingerprint density at radius 1 is 1.04 bits per heavy atom. The Morgan fingerprint density at radius 2 is 1.71 bits per heavy atom. The summed E-state index contributed by atoms with van der Waals surface area (Å²) in [5.41, 5.74) is 5.27. The lowest BCUT2D eigenvalue weighted by atomic mass is 10.1.